The maximum absolute atomic E-state index is 8.73. The van der Waals surface area contributed by atoms with Crippen molar-refractivity contribution in [2.75, 3.05) is 11.9 Å². The zero-order chi connectivity index (χ0) is 10.5. The number of nitrogens with zero attached hydrogens (tertiary/aromatic N) is 2. The fourth-order valence-corrected chi connectivity index (χ4v) is 1.92. The fourth-order valence-electron chi connectivity index (χ4n) is 1.27. The molecule has 0 saturated heterocycles. The second kappa shape index (κ2) is 6.52. The Morgan fingerprint density at radius 2 is 2.31 bits per heavy atom. The SMILES string of the molecule is Cl.OCCn1ccc(NCc2cccs2)n1. The van der Waals surface area contributed by atoms with Crippen LogP contribution in [0.25, 0.3) is 0 Å². The van der Waals surface area contributed by atoms with Crippen molar-refractivity contribution in [1.29, 1.82) is 0 Å². The van der Waals surface area contributed by atoms with Gasteiger partial charge in [-0.05, 0) is 11.4 Å². The molecule has 0 aliphatic carbocycles. The third-order valence-electron chi connectivity index (χ3n) is 1.99. The molecule has 0 spiro atoms. The number of halogens is 1. The first kappa shape index (κ1) is 13.0. The molecule has 2 N–H and O–H groups in total. The molecule has 0 saturated carbocycles. The highest BCUT2D eigenvalue weighted by molar-refractivity contribution is 7.09. The van der Waals surface area contributed by atoms with E-state index in [0.29, 0.717) is 6.54 Å². The van der Waals surface area contributed by atoms with E-state index in [2.05, 4.69) is 21.9 Å². The summed E-state index contributed by atoms with van der Waals surface area (Å²) in [6.45, 7) is 1.46. The Morgan fingerprint density at radius 1 is 1.44 bits per heavy atom. The number of rotatable bonds is 5. The van der Waals surface area contributed by atoms with Gasteiger partial charge in [-0.1, -0.05) is 6.07 Å². The Hall–Kier alpha value is -1.04. The summed E-state index contributed by atoms with van der Waals surface area (Å²) in [6.07, 6.45) is 1.85. The van der Waals surface area contributed by atoms with Crippen molar-refractivity contribution in [2.24, 2.45) is 0 Å². The molecule has 4 nitrogen and oxygen atoms in total. The van der Waals surface area contributed by atoms with Crippen molar-refractivity contribution < 1.29 is 5.11 Å². The van der Waals surface area contributed by atoms with E-state index >= 15 is 0 Å². The van der Waals surface area contributed by atoms with E-state index in [1.54, 1.807) is 16.0 Å². The van der Waals surface area contributed by atoms with Crippen LogP contribution in [0, 0.1) is 0 Å². The molecule has 0 aliphatic heterocycles. The molecular weight excluding hydrogens is 246 g/mol. The van der Waals surface area contributed by atoms with Gasteiger partial charge in [0.2, 0.25) is 0 Å². The van der Waals surface area contributed by atoms with Crippen LogP contribution in [0.15, 0.2) is 29.8 Å². The van der Waals surface area contributed by atoms with Crippen molar-refractivity contribution in [3.63, 3.8) is 0 Å². The van der Waals surface area contributed by atoms with Crippen LogP contribution >= 0.6 is 23.7 Å². The summed E-state index contributed by atoms with van der Waals surface area (Å²) >= 11 is 1.72. The molecule has 88 valence electrons. The van der Waals surface area contributed by atoms with E-state index in [1.807, 2.05) is 18.3 Å². The summed E-state index contributed by atoms with van der Waals surface area (Å²) in [5, 5.41) is 18.3. The Kier molecular flexibility index (Phi) is 5.31. The molecule has 0 atom stereocenters. The molecule has 0 fully saturated rings. The van der Waals surface area contributed by atoms with Gasteiger partial charge in [-0.15, -0.1) is 23.7 Å². The van der Waals surface area contributed by atoms with E-state index < -0.39 is 0 Å². The monoisotopic (exact) mass is 259 g/mol. The predicted octanol–water partition coefficient (Wildman–Crippen LogP) is 1.97. The first-order chi connectivity index (χ1) is 7.38. The number of nitrogens with one attached hydrogen (secondary N) is 1. The number of hydrogen-bond acceptors (Lipinski definition) is 4. The van der Waals surface area contributed by atoms with Crippen molar-refractivity contribution in [3.05, 3.63) is 34.7 Å². The first-order valence-corrected chi connectivity index (χ1v) is 5.67. The maximum atomic E-state index is 8.73. The quantitative estimate of drug-likeness (QED) is 0.863. The van der Waals surface area contributed by atoms with Gasteiger partial charge in [0.15, 0.2) is 0 Å². The molecule has 0 bridgehead atoms. The van der Waals surface area contributed by atoms with Crippen LogP contribution < -0.4 is 5.32 Å². The minimum atomic E-state index is 0. The van der Waals surface area contributed by atoms with Gasteiger partial charge in [0.25, 0.3) is 0 Å². The lowest BCUT2D eigenvalue weighted by Crippen LogP contribution is -2.04. The Bertz CT molecular complexity index is 402. The minimum absolute atomic E-state index is 0. The third kappa shape index (κ3) is 3.52. The molecule has 2 aromatic rings. The summed E-state index contributed by atoms with van der Waals surface area (Å²) in [5.41, 5.74) is 0. The largest absolute Gasteiger partial charge is 0.394 e. The molecule has 2 rings (SSSR count). The lowest BCUT2D eigenvalue weighted by molar-refractivity contribution is 0.269. The van der Waals surface area contributed by atoms with Crippen molar-refractivity contribution in [3.8, 4) is 0 Å². The van der Waals surface area contributed by atoms with E-state index in [4.69, 9.17) is 5.11 Å². The van der Waals surface area contributed by atoms with Crippen molar-refractivity contribution in [2.45, 2.75) is 13.1 Å². The molecule has 16 heavy (non-hydrogen) atoms. The van der Waals surface area contributed by atoms with Crippen LogP contribution in [0.2, 0.25) is 0 Å². The van der Waals surface area contributed by atoms with Gasteiger partial charge in [0.1, 0.15) is 5.82 Å². The van der Waals surface area contributed by atoms with Crippen molar-refractivity contribution >= 4 is 29.6 Å². The number of aromatic nitrogens is 2. The maximum Gasteiger partial charge on any atom is 0.148 e. The summed E-state index contributed by atoms with van der Waals surface area (Å²) in [5.74, 6) is 0.844. The Morgan fingerprint density at radius 3 is 3.00 bits per heavy atom. The molecular formula is C10H14ClN3OS. The normalized spacial score (nSPS) is 9.81. The molecule has 0 aliphatic rings. The van der Waals surface area contributed by atoms with Gasteiger partial charge in [-0.3, -0.25) is 4.68 Å². The van der Waals surface area contributed by atoms with Crippen LogP contribution in [0.5, 0.6) is 0 Å². The van der Waals surface area contributed by atoms with Crippen LogP contribution in [0.4, 0.5) is 5.82 Å². The summed E-state index contributed by atoms with van der Waals surface area (Å²) < 4.78 is 1.72. The molecule has 0 aromatic carbocycles. The molecule has 2 heterocycles. The zero-order valence-electron chi connectivity index (χ0n) is 8.67. The number of aliphatic hydroxyl groups is 1. The standard InChI is InChI=1S/C10H13N3OS.ClH/c14-6-5-13-4-3-10(12-13)11-8-9-2-1-7-15-9;/h1-4,7,14H,5-6,8H2,(H,11,12);1H. The zero-order valence-corrected chi connectivity index (χ0v) is 10.3. The third-order valence-corrected chi connectivity index (χ3v) is 2.87. The van der Waals surface area contributed by atoms with Gasteiger partial charge in [0.05, 0.1) is 19.7 Å². The van der Waals surface area contributed by atoms with Gasteiger partial charge < -0.3 is 10.4 Å². The molecule has 2 aromatic heterocycles. The molecule has 0 unspecified atom stereocenters. The van der Waals surface area contributed by atoms with Gasteiger partial charge in [0, 0.05) is 17.1 Å². The molecule has 0 radical (unpaired) electrons. The van der Waals surface area contributed by atoms with E-state index in [-0.39, 0.29) is 19.0 Å². The second-order valence-electron chi connectivity index (χ2n) is 3.12. The van der Waals surface area contributed by atoms with E-state index in [9.17, 15) is 0 Å². The highest BCUT2D eigenvalue weighted by atomic mass is 35.5. The lowest BCUT2D eigenvalue weighted by Gasteiger charge is -2.00. The van der Waals surface area contributed by atoms with Gasteiger partial charge in [-0.2, -0.15) is 5.10 Å². The number of thiophene rings is 1. The Labute approximate surface area is 104 Å². The topological polar surface area (TPSA) is 50.1 Å². The Balaban J connectivity index is 0.00000128. The van der Waals surface area contributed by atoms with Crippen LogP contribution in [0.1, 0.15) is 4.88 Å². The van der Waals surface area contributed by atoms with Gasteiger partial charge >= 0.3 is 0 Å². The first-order valence-electron chi connectivity index (χ1n) is 4.79. The highest BCUT2D eigenvalue weighted by Gasteiger charge is 1.98. The average Bonchev–Trinajstić information content (AvgIpc) is 2.85. The van der Waals surface area contributed by atoms with Crippen LogP contribution in [-0.4, -0.2) is 21.5 Å². The lowest BCUT2D eigenvalue weighted by atomic mass is 10.4. The summed E-state index contributed by atoms with van der Waals surface area (Å²) in [4.78, 5) is 1.28. The minimum Gasteiger partial charge on any atom is -0.394 e. The smallest absolute Gasteiger partial charge is 0.148 e. The second-order valence-corrected chi connectivity index (χ2v) is 4.15. The molecule has 6 heteroatoms. The summed E-state index contributed by atoms with van der Waals surface area (Å²) in [7, 11) is 0. The fraction of sp³-hybridized carbons (Fsp3) is 0.300. The highest BCUT2D eigenvalue weighted by Crippen LogP contribution is 2.11. The number of hydrogen-bond donors (Lipinski definition) is 2. The molecule has 0 amide bonds. The summed E-state index contributed by atoms with van der Waals surface area (Å²) in [6, 6.07) is 6.03. The predicted molar refractivity (Wildman–Crippen MR) is 68.2 cm³/mol. The number of anilines is 1. The van der Waals surface area contributed by atoms with Crippen LogP contribution in [-0.2, 0) is 13.1 Å². The number of aliphatic hydroxyl groups excluding tert-OH is 1. The van der Waals surface area contributed by atoms with E-state index in [1.165, 1.54) is 4.88 Å². The van der Waals surface area contributed by atoms with Crippen LogP contribution in [0.3, 0.4) is 0 Å². The average molecular weight is 260 g/mol. The van der Waals surface area contributed by atoms with Crippen molar-refractivity contribution in [1.82, 2.24) is 9.78 Å². The van der Waals surface area contributed by atoms with E-state index in [0.717, 1.165) is 12.4 Å². The van der Waals surface area contributed by atoms with Gasteiger partial charge in [-0.25, -0.2) is 0 Å².